The van der Waals surface area contributed by atoms with E-state index in [-0.39, 0.29) is 24.4 Å². The summed E-state index contributed by atoms with van der Waals surface area (Å²) in [6, 6.07) is 11.6. The van der Waals surface area contributed by atoms with Gasteiger partial charge < -0.3 is 10.6 Å². The Balaban J connectivity index is 1.47. The Kier molecular flexibility index (Phi) is 5.23. The van der Waals surface area contributed by atoms with E-state index in [1.54, 1.807) is 36.4 Å². The average molecular weight is 372 g/mol. The van der Waals surface area contributed by atoms with E-state index >= 15 is 0 Å². The van der Waals surface area contributed by atoms with Crippen LogP contribution in [0.15, 0.2) is 42.5 Å². The number of rotatable bonds is 5. The molecule has 0 unspecified atom stereocenters. The molecule has 0 aromatic heterocycles. The lowest BCUT2D eigenvalue weighted by atomic mass is 10.1. The number of nitrogens with one attached hydrogen (secondary N) is 2. The van der Waals surface area contributed by atoms with Crippen molar-refractivity contribution in [2.75, 3.05) is 18.4 Å². The molecule has 1 aliphatic rings. The van der Waals surface area contributed by atoms with Crippen molar-refractivity contribution in [1.82, 2.24) is 10.2 Å². The lowest BCUT2D eigenvalue weighted by Gasteiger charge is -2.14. The van der Waals surface area contributed by atoms with Crippen LogP contribution in [0, 0.1) is 6.92 Å². The largest absolute Gasteiger partial charge is 0.338 e. The first-order valence-electron chi connectivity index (χ1n) is 8.23. The average Bonchev–Trinajstić information content (AvgIpc) is 2.87. The van der Waals surface area contributed by atoms with Crippen LogP contribution in [0.25, 0.3) is 0 Å². The minimum atomic E-state index is -0.363. The smallest absolute Gasteiger partial charge is 0.319 e. The lowest BCUT2D eigenvalue weighted by Crippen LogP contribution is -2.35. The van der Waals surface area contributed by atoms with E-state index in [0.717, 1.165) is 5.56 Å². The Hall–Kier alpha value is -2.86. The van der Waals surface area contributed by atoms with Gasteiger partial charge >= 0.3 is 6.03 Å². The quantitative estimate of drug-likeness (QED) is 0.624. The molecule has 0 saturated heterocycles. The Morgan fingerprint density at radius 2 is 1.73 bits per heavy atom. The van der Waals surface area contributed by atoms with E-state index in [1.807, 2.05) is 13.0 Å². The van der Waals surface area contributed by atoms with Crippen molar-refractivity contribution in [2.24, 2.45) is 0 Å². The second-order valence-corrected chi connectivity index (χ2v) is 6.44. The van der Waals surface area contributed by atoms with Crippen LogP contribution in [0.4, 0.5) is 10.5 Å². The van der Waals surface area contributed by atoms with Crippen molar-refractivity contribution in [1.29, 1.82) is 0 Å². The summed E-state index contributed by atoms with van der Waals surface area (Å²) in [5.41, 5.74) is 2.39. The van der Waals surface area contributed by atoms with Gasteiger partial charge in [0.15, 0.2) is 0 Å². The molecule has 1 heterocycles. The molecule has 0 aliphatic carbocycles. The summed E-state index contributed by atoms with van der Waals surface area (Å²) in [5.74, 6) is -0.575. The van der Waals surface area contributed by atoms with Crippen molar-refractivity contribution in [3.8, 4) is 0 Å². The maximum atomic E-state index is 12.2. The zero-order valence-electron chi connectivity index (χ0n) is 14.2. The number of fused-ring (bicyclic) bond motifs is 1. The summed E-state index contributed by atoms with van der Waals surface area (Å²) in [4.78, 5) is 37.7. The zero-order valence-corrected chi connectivity index (χ0v) is 15.0. The molecule has 1 aliphatic heterocycles. The van der Waals surface area contributed by atoms with Crippen molar-refractivity contribution >= 4 is 35.1 Å². The number of benzene rings is 2. The van der Waals surface area contributed by atoms with Crippen LogP contribution < -0.4 is 10.6 Å². The van der Waals surface area contributed by atoms with E-state index < -0.39 is 0 Å². The Morgan fingerprint density at radius 3 is 2.38 bits per heavy atom. The van der Waals surface area contributed by atoms with Gasteiger partial charge in [-0.05, 0) is 43.2 Å². The zero-order chi connectivity index (χ0) is 18.7. The number of anilines is 1. The summed E-state index contributed by atoms with van der Waals surface area (Å²) < 4.78 is 0. The highest BCUT2D eigenvalue weighted by Gasteiger charge is 2.34. The third-order valence-corrected chi connectivity index (χ3v) is 4.41. The van der Waals surface area contributed by atoms with E-state index in [0.29, 0.717) is 34.8 Å². The molecule has 0 saturated carbocycles. The molecule has 2 aromatic carbocycles. The van der Waals surface area contributed by atoms with Crippen LogP contribution in [-0.4, -0.2) is 35.8 Å². The van der Waals surface area contributed by atoms with Crippen molar-refractivity contribution in [3.05, 3.63) is 64.2 Å². The van der Waals surface area contributed by atoms with Gasteiger partial charge in [0.2, 0.25) is 0 Å². The highest BCUT2D eigenvalue weighted by Crippen LogP contribution is 2.22. The highest BCUT2D eigenvalue weighted by atomic mass is 35.5. The fourth-order valence-electron chi connectivity index (χ4n) is 2.78. The Morgan fingerprint density at radius 1 is 1.08 bits per heavy atom. The number of nitrogens with zero attached hydrogens (tertiary/aromatic N) is 1. The predicted octanol–water partition coefficient (Wildman–Crippen LogP) is 3.46. The summed E-state index contributed by atoms with van der Waals surface area (Å²) in [6.07, 6.45) is 0.466. The first-order valence-corrected chi connectivity index (χ1v) is 8.61. The van der Waals surface area contributed by atoms with Crippen LogP contribution >= 0.6 is 11.6 Å². The van der Waals surface area contributed by atoms with Gasteiger partial charge in [0.05, 0.1) is 11.1 Å². The molecule has 0 atom stereocenters. The van der Waals surface area contributed by atoms with E-state index in [9.17, 15) is 14.4 Å². The summed E-state index contributed by atoms with van der Waals surface area (Å²) >= 11 is 5.92. The second-order valence-electron chi connectivity index (χ2n) is 6.00. The van der Waals surface area contributed by atoms with Crippen molar-refractivity contribution < 1.29 is 14.4 Å². The van der Waals surface area contributed by atoms with E-state index in [2.05, 4.69) is 10.6 Å². The molecule has 2 aromatic rings. The fourth-order valence-corrected chi connectivity index (χ4v) is 2.95. The molecule has 26 heavy (non-hydrogen) atoms. The van der Waals surface area contributed by atoms with Gasteiger partial charge in [0.1, 0.15) is 0 Å². The Bertz CT molecular complexity index is 847. The number of hydrogen-bond donors (Lipinski definition) is 2. The molecular formula is C19H18ClN3O3. The normalized spacial score (nSPS) is 12.9. The van der Waals surface area contributed by atoms with Crippen LogP contribution in [0.5, 0.6) is 0 Å². The van der Waals surface area contributed by atoms with Gasteiger partial charge in [0, 0.05) is 23.8 Å². The molecule has 7 heteroatoms. The molecule has 0 radical (unpaired) electrons. The number of urea groups is 1. The fraction of sp³-hybridized carbons (Fsp3) is 0.211. The minimum absolute atomic E-state index is 0.253. The molecular weight excluding hydrogens is 354 g/mol. The first-order chi connectivity index (χ1) is 12.5. The molecule has 0 spiro atoms. The molecule has 0 bridgehead atoms. The number of imide groups is 1. The van der Waals surface area contributed by atoms with E-state index in [4.69, 9.17) is 11.6 Å². The molecule has 134 valence electrons. The molecule has 6 nitrogen and oxygen atoms in total. The minimum Gasteiger partial charge on any atom is -0.338 e. The molecule has 0 fully saturated rings. The van der Waals surface area contributed by atoms with Crippen LogP contribution in [-0.2, 0) is 0 Å². The molecule has 3 rings (SSSR count). The summed E-state index contributed by atoms with van der Waals surface area (Å²) in [6.45, 7) is 2.45. The molecule has 2 N–H and O–H groups in total. The third-order valence-electron chi connectivity index (χ3n) is 4.17. The van der Waals surface area contributed by atoms with Gasteiger partial charge in [-0.15, -0.1) is 0 Å². The monoisotopic (exact) mass is 371 g/mol. The maximum absolute atomic E-state index is 12.2. The van der Waals surface area contributed by atoms with Gasteiger partial charge in [0.25, 0.3) is 11.8 Å². The van der Waals surface area contributed by atoms with Gasteiger partial charge in [-0.25, -0.2) is 4.79 Å². The van der Waals surface area contributed by atoms with Crippen molar-refractivity contribution in [2.45, 2.75) is 13.3 Å². The van der Waals surface area contributed by atoms with Crippen LogP contribution in [0.2, 0.25) is 5.02 Å². The standard InChI is InChI=1S/C19H18ClN3O3/c1-12-7-8-13(20)11-16(12)22-19(26)21-9-4-10-23-17(24)14-5-2-3-6-15(14)18(23)25/h2-3,5-8,11H,4,9-10H2,1H3,(H2,21,22,26). The number of carbonyl (C=O) groups excluding carboxylic acids is 3. The summed E-state index contributed by atoms with van der Waals surface area (Å²) in [7, 11) is 0. The molecule has 4 amide bonds. The topological polar surface area (TPSA) is 78.5 Å². The van der Waals surface area contributed by atoms with Crippen LogP contribution in [0.3, 0.4) is 0 Å². The van der Waals surface area contributed by atoms with Crippen molar-refractivity contribution in [3.63, 3.8) is 0 Å². The van der Waals surface area contributed by atoms with E-state index in [1.165, 1.54) is 4.90 Å². The van der Waals surface area contributed by atoms with Crippen LogP contribution in [0.1, 0.15) is 32.7 Å². The number of aryl methyl sites for hydroxylation is 1. The highest BCUT2D eigenvalue weighted by molar-refractivity contribution is 6.31. The summed E-state index contributed by atoms with van der Waals surface area (Å²) in [5, 5.41) is 5.98. The lowest BCUT2D eigenvalue weighted by molar-refractivity contribution is 0.0653. The number of carbonyl (C=O) groups is 3. The van der Waals surface area contributed by atoms with Gasteiger partial charge in [-0.3, -0.25) is 14.5 Å². The predicted molar refractivity (Wildman–Crippen MR) is 99.6 cm³/mol. The first kappa shape index (κ1) is 17.9. The SMILES string of the molecule is Cc1ccc(Cl)cc1NC(=O)NCCCN1C(=O)c2ccccc2C1=O. The number of amides is 4. The number of hydrogen-bond acceptors (Lipinski definition) is 3. The Labute approximate surface area is 156 Å². The second kappa shape index (κ2) is 7.58. The van der Waals surface area contributed by atoms with Gasteiger partial charge in [-0.1, -0.05) is 29.8 Å². The third kappa shape index (κ3) is 3.70. The number of halogens is 1. The van der Waals surface area contributed by atoms with Gasteiger partial charge in [-0.2, -0.15) is 0 Å². The maximum Gasteiger partial charge on any atom is 0.319 e.